The van der Waals surface area contributed by atoms with Gasteiger partial charge < -0.3 is 5.32 Å². The molecule has 1 nitrogen and oxygen atoms in total. The van der Waals surface area contributed by atoms with Crippen molar-refractivity contribution in [1.29, 1.82) is 0 Å². The van der Waals surface area contributed by atoms with Crippen molar-refractivity contribution in [2.75, 3.05) is 5.32 Å². The molecule has 1 aromatic rings. The van der Waals surface area contributed by atoms with Crippen LogP contribution in [0.15, 0.2) is 18.2 Å². The van der Waals surface area contributed by atoms with Gasteiger partial charge in [0, 0.05) is 11.7 Å². The van der Waals surface area contributed by atoms with Crippen molar-refractivity contribution in [3.05, 3.63) is 29.3 Å². The monoisotopic (exact) mass is 229 g/mol. The number of nitrogens with one attached hydrogen (secondary N) is 1. The standard InChI is InChI=1S/C16H23N/c1-3-13-6-4-5-11(2)16(13)17-15-10-12-7-8-14(15)9-12/h4-6,12,14-15,17H,3,7-10H2,1-2H3. The molecule has 0 aliphatic heterocycles. The molecule has 2 aliphatic rings. The minimum absolute atomic E-state index is 0.750. The lowest BCUT2D eigenvalue weighted by molar-refractivity contribution is 0.439. The number of aryl methyl sites for hydroxylation is 2. The van der Waals surface area contributed by atoms with Gasteiger partial charge in [-0.3, -0.25) is 0 Å². The van der Waals surface area contributed by atoms with Crippen LogP contribution in [0.1, 0.15) is 43.7 Å². The molecule has 17 heavy (non-hydrogen) atoms. The number of rotatable bonds is 3. The second-order valence-electron chi connectivity index (χ2n) is 5.89. The Kier molecular flexibility index (Phi) is 2.85. The maximum Gasteiger partial charge on any atom is 0.0404 e. The maximum atomic E-state index is 3.86. The van der Waals surface area contributed by atoms with E-state index in [4.69, 9.17) is 0 Å². The first kappa shape index (κ1) is 11.1. The Morgan fingerprint density at radius 3 is 2.76 bits per heavy atom. The number of fused-ring (bicyclic) bond motifs is 2. The molecule has 2 fully saturated rings. The first-order valence-electron chi connectivity index (χ1n) is 7.13. The fourth-order valence-corrected chi connectivity index (χ4v) is 3.84. The molecular weight excluding hydrogens is 206 g/mol. The molecule has 2 saturated carbocycles. The third-order valence-corrected chi connectivity index (χ3v) is 4.81. The first-order chi connectivity index (χ1) is 8.28. The Hall–Kier alpha value is -0.980. The smallest absolute Gasteiger partial charge is 0.0404 e. The molecule has 0 heterocycles. The van der Waals surface area contributed by atoms with Crippen LogP contribution >= 0.6 is 0 Å². The second-order valence-corrected chi connectivity index (χ2v) is 5.89. The zero-order valence-electron chi connectivity index (χ0n) is 11.0. The number of hydrogen-bond acceptors (Lipinski definition) is 1. The minimum atomic E-state index is 0.750. The molecule has 2 bridgehead atoms. The highest BCUT2D eigenvalue weighted by atomic mass is 14.9. The summed E-state index contributed by atoms with van der Waals surface area (Å²) in [6.45, 7) is 4.48. The van der Waals surface area contributed by atoms with Gasteiger partial charge >= 0.3 is 0 Å². The molecule has 3 atom stereocenters. The summed E-state index contributed by atoms with van der Waals surface area (Å²) < 4.78 is 0. The quantitative estimate of drug-likeness (QED) is 0.820. The van der Waals surface area contributed by atoms with E-state index >= 15 is 0 Å². The van der Waals surface area contributed by atoms with Crippen molar-refractivity contribution in [2.24, 2.45) is 11.8 Å². The van der Waals surface area contributed by atoms with Gasteiger partial charge in [0.15, 0.2) is 0 Å². The van der Waals surface area contributed by atoms with E-state index in [9.17, 15) is 0 Å². The number of anilines is 1. The molecule has 1 aromatic carbocycles. The predicted octanol–water partition coefficient (Wildman–Crippen LogP) is 4.16. The molecule has 0 radical (unpaired) electrons. The summed E-state index contributed by atoms with van der Waals surface area (Å²) in [6, 6.07) is 7.43. The van der Waals surface area contributed by atoms with Crippen LogP contribution in [0.5, 0.6) is 0 Å². The zero-order chi connectivity index (χ0) is 11.8. The van der Waals surface area contributed by atoms with Crippen molar-refractivity contribution in [3.63, 3.8) is 0 Å². The number of para-hydroxylation sites is 1. The van der Waals surface area contributed by atoms with Crippen LogP contribution < -0.4 is 5.32 Å². The normalized spacial score (nSPS) is 30.8. The lowest BCUT2D eigenvalue weighted by Crippen LogP contribution is -2.26. The number of hydrogen-bond donors (Lipinski definition) is 1. The van der Waals surface area contributed by atoms with Gasteiger partial charge in [-0.15, -0.1) is 0 Å². The molecule has 0 saturated heterocycles. The van der Waals surface area contributed by atoms with E-state index in [1.54, 1.807) is 0 Å². The van der Waals surface area contributed by atoms with E-state index in [0.29, 0.717) is 0 Å². The van der Waals surface area contributed by atoms with Gasteiger partial charge in [-0.1, -0.05) is 31.5 Å². The summed E-state index contributed by atoms with van der Waals surface area (Å²) in [5.74, 6) is 1.97. The summed E-state index contributed by atoms with van der Waals surface area (Å²) in [4.78, 5) is 0. The molecule has 3 unspecified atom stereocenters. The third kappa shape index (κ3) is 1.96. The van der Waals surface area contributed by atoms with E-state index < -0.39 is 0 Å². The van der Waals surface area contributed by atoms with Crippen LogP contribution in [0.2, 0.25) is 0 Å². The van der Waals surface area contributed by atoms with E-state index in [1.807, 2.05) is 0 Å². The summed E-state index contributed by atoms with van der Waals surface area (Å²) in [5, 5.41) is 3.86. The highest BCUT2D eigenvalue weighted by Gasteiger charge is 2.39. The average molecular weight is 229 g/mol. The van der Waals surface area contributed by atoms with Gasteiger partial charge in [0.05, 0.1) is 0 Å². The van der Waals surface area contributed by atoms with Crippen LogP contribution in [-0.4, -0.2) is 6.04 Å². The Bertz CT molecular complexity index is 410. The molecular formula is C16H23N. The Morgan fingerprint density at radius 1 is 1.24 bits per heavy atom. The van der Waals surface area contributed by atoms with Crippen LogP contribution in [0, 0.1) is 18.8 Å². The fraction of sp³-hybridized carbons (Fsp3) is 0.625. The Balaban J connectivity index is 1.81. The Labute approximate surface area is 105 Å². The van der Waals surface area contributed by atoms with E-state index in [0.717, 1.165) is 24.3 Å². The van der Waals surface area contributed by atoms with Gasteiger partial charge in [-0.05, 0) is 55.6 Å². The van der Waals surface area contributed by atoms with Crippen LogP contribution in [0.25, 0.3) is 0 Å². The molecule has 1 N–H and O–H groups in total. The maximum absolute atomic E-state index is 3.86. The topological polar surface area (TPSA) is 12.0 Å². The van der Waals surface area contributed by atoms with Crippen LogP contribution in [0.4, 0.5) is 5.69 Å². The molecule has 1 heteroatoms. The van der Waals surface area contributed by atoms with Crippen molar-refractivity contribution >= 4 is 5.69 Å². The van der Waals surface area contributed by atoms with Gasteiger partial charge in [0.2, 0.25) is 0 Å². The van der Waals surface area contributed by atoms with E-state index in [2.05, 4.69) is 37.4 Å². The largest absolute Gasteiger partial charge is 0.382 e. The SMILES string of the molecule is CCc1cccc(C)c1NC1CC2CCC1C2. The summed E-state index contributed by atoms with van der Waals surface area (Å²) >= 11 is 0. The highest BCUT2D eigenvalue weighted by Crippen LogP contribution is 2.45. The van der Waals surface area contributed by atoms with Crippen LogP contribution in [0.3, 0.4) is 0 Å². The lowest BCUT2D eigenvalue weighted by Gasteiger charge is -2.26. The van der Waals surface area contributed by atoms with E-state index in [-0.39, 0.29) is 0 Å². The molecule has 0 aromatic heterocycles. The third-order valence-electron chi connectivity index (χ3n) is 4.81. The summed E-state index contributed by atoms with van der Waals surface area (Å²) in [5.41, 5.74) is 4.31. The molecule has 0 amide bonds. The Morgan fingerprint density at radius 2 is 2.12 bits per heavy atom. The van der Waals surface area contributed by atoms with Crippen molar-refractivity contribution in [1.82, 2.24) is 0 Å². The predicted molar refractivity (Wildman–Crippen MR) is 73.4 cm³/mol. The van der Waals surface area contributed by atoms with E-state index in [1.165, 1.54) is 42.5 Å². The molecule has 2 aliphatic carbocycles. The summed E-state index contributed by atoms with van der Waals surface area (Å²) in [7, 11) is 0. The first-order valence-corrected chi connectivity index (χ1v) is 7.13. The summed E-state index contributed by atoms with van der Waals surface area (Å²) in [6.07, 6.45) is 6.95. The van der Waals surface area contributed by atoms with Gasteiger partial charge in [0.1, 0.15) is 0 Å². The van der Waals surface area contributed by atoms with Gasteiger partial charge in [0.25, 0.3) is 0 Å². The van der Waals surface area contributed by atoms with Crippen molar-refractivity contribution < 1.29 is 0 Å². The van der Waals surface area contributed by atoms with Crippen LogP contribution in [-0.2, 0) is 6.42 Å². The fourth-order valence-electron chi connectivity index (χ4n) is 3.84. The molecule has 3 rings (SSSR count). The molecule has 92 valence electrons. The number of benzene rings is 1. The van der Waals surface area contributed by atoms with Gasteiger partial charge in [-0.25, -0.2) is 0 Å². The van der Waals surface area contributed by atoms with Crippen molar-refractivity contribution in [3.8, 4) is 0 Å². The highest BCUT2D eigenvalue weighted by molar-refractivity contribution is 5.58. The lowest BCUT2D eigenvalue weighted by atomic mass is 9.94. The van der Waals surface area contributed by atoms with Gasteiger partial charge in [-0.2, -0.15) is 0 Å². The average Bonchev–Trinajstić information content (AvgIpc) is 2.93. The van der Waals surface area contributed by atoms with Crippen molar-refractivity contribution in [2.45, 2.75) is 52.0 Å². The zero-order valence-corrected chi connectivity index (χ0v) is 11.0. The molecule has 0 spiro atoms. The second kappa shape index (κ2) is 4.36. The minimum Gasteiger partial charge on any atom is -0.382 e.